The molecule has 1 atom stereocenters. The molecule has 0 amide bonds. The highest BCUT2D eigenvalue weighted by molar-refractivity contribution is 7.14. The summed E-state index contributed by atoms with van der Waals surface area (Å²) in [7, 11) is 0. The SMILES string of the molecule is CC(C)C1CCc2sc(C(=O)O)cc2C1. The van der Waals surface area contributed by atoms with Gasteiger partial charge in [0, 0.05) is 4.88 Å². The summed E-state index contributed by atoms with van der Waals surface area (Å²) in [5.41, 5.74) is 1.28. The van der Waals surface area contributed by atoms with Crippen molar-refractivity contribution in [3.63, 3.8) is 0 Å². The van der Waals surface area contributed by atoms with Gasteiger partial charge in [0.25, 0.3) is 0 Å². The fourth-order valence-electron chi connectivity index (χ4n) is 2.23. The number of carbonyl (C=O) groups is 1. The van der Waals surface area contributed by atoms with Gasteiger partial charge in [-0.25, -0.2) is 4.79 Å². The van der Waals surface area contributed by atoms with E-state index in [-0.39, 0.29) is 0 Å². The van der Waals surface area contributed by atoms with Crippen molar-refractivity contribution in [2.75, 3.05) is 0 Å². The Morgan fingerprint density at radius 2 is 2.33 bits per heavy atom. The summed E-state index contributed by atoms with van der Waals surface area (Å²) < 4.78 is 0. The molecule has 3 heteroatoms. The summed E-state index contributed by atoms with van der Waals surface area (Å²) in [5.74, 6) is 0.649. The molecule has 0 radical (unpaired) electrons. The van der Waals surface area contributed by atoms with Crippen molar-refractivity contribution < 1.29 is 9.90 Å². The molecule has 2 nitrogen and oxygen atoms in total. The van der Waals surface area contributed by atoms with Gasteiger partial charge in [0.2, 0.25) is 0 Å². The third kappa shape index (κ3) is 2.07. The van der Waals surface area contributed by atoms with Crippen molar-refractivity contribution in [1.82, 2.24) is 0 Å². The number of thiophene rings is 1. The van der Waals surface area contributed by atoms with Crippen molar-refractivity contribution >= 4 is 17.3 Å². The van der Waals surface area contributed by atoms with Crippen LogP contribution in [-0.2, 0) is 12.8 Å². The number of carboxylic acid groups (broad SMARTS) is 1. The minimum Gasteiger partial charge on any atom is -0.477 e. The molecule has 0 saturated heterocycles. The number of fused-ring (bicyclic) bond motifs is 1. The monoisotopic (exact) mass is 224 g/mol. The van der Waals surface area contributed by atoms with Gasteiger partial charge in [-0.3, -0.25) is 0 Å². The average molecular weight is 224 g/mol. The van der Waals surface area contributed by atoms with Crippen LogP contribution < -0.4 is 0 Å². The number of hydrogen-bond acceptors (Lipinski definition) is 2. The fourth-order valence-corrected chi connectivity index (χ4v) is 3.27. The summed E-state index contributed by atoms with van der Waals surface area (Å²) >= 11 is 1.46. The minimum atomic E-state index is -0.782. The first-order chi connectivity index (χ1) is 7.08. The van der Waals surface area contributed by atoms with Crippen LogP contribution in [0.2, 0.25) is 0 Å². The average Bonchev–Trinajstić information content (AvgIpc) is 2.59. The maximum atomic E-state index is 10.8. The first-order valence-corrected chi connectivity index (χ1v) is 6.24. The highest BCUT2D eigenvalue weighted by Gasteiger charge is 2.24. The van der Waals surface area contributed by atoms with E-state index in [0.29, 0.717) is 10.8 Å². The van der Waals surface area contributed by atoms with Gasteiger partial charge in [0.15, 0.2) is 0 Å². The van der Waals surface area contributed by atoms with Gasteiger partial charge < -0.3 is 5.11 Å². The second kappa shape index (κ2) is 3.97. The molecule has 1 aliphatic carbocycles. The topological polar surface area (TPSA) is 37.3 Å². The molecule has 0 saturated carbocycles. The quantitative estimate of drug-likeness (QED) is 0.837. The summed E-state index contributed by atoms with van der Waals surface area (Å²) in [6.45, 7) is 4.50. The van der Waals surface area contributed by atoms with Crippen LogP contribution >= 0.6 is 11.3 Å². The van der Waals surface area contributed by atoms with E-state index in [2.05, 4.69) is 13.8 Å². The van der Waals surface area contributed by atoms with E-state index in [1.807, 2.05) is 6.07 Å². The molecule has 1 heterocycles. The zero-order valence-electron chi connectivity index (χ0n) is 9.12. The smallest absolute Gasteiger partial charge is 0.345 e. The van der Waals surface area contributed by atoms with E-state index in [4.69, 9.17) is 5.11 Å². The molecule has 1 aromatic heterocycles. The van der Waals surface area contributed by atoms with E-state index >= 15 is 0 Å². The largest absolute Gasteiger partial charge is 0.477 e. The normalized spacial score (nSPS) is 20.3. The second-order valence-corrected chi connectivity index (χ2v) is 5.75. The molecule has 82 valence electrons. The van der Waals surface area contributed by atoms with E-state index in [1.54, 1.807) is 0 Å². The van der Waals surface area contributed by atoms with Gasteiger partial charge in [-0.15, -0.1) is 11.3 Å². The Hall–Kier alpha value is -0.830. The highest BCUT2D eigenvalue weighted by atomic mass is 32.1. The van der Waals surface area contributed by atoms with Crippen LogP contribution in [0, 0.1) is 11.8 Å². The zero-order valence-corrected chi connectivity index (χ0v) is 9.93. The van der Waals surface area contributed by atoms with Crippen molar-refractivity contribution in [3.8, 4) is 0 Å². The third-order valence-electron chi connectivity index (χ3n) is 3.27. The summed E-state index contributed by atoms with van der Waals surface area (Å²) in [6.07, 6.45) is 3.34. The van der Waals surface area contributed by atoms with Crippen LogP contribution in [0.25, 0.3) is 0 Å². The summed E-state index contributed by atoms with van der Waals surface area (Å²) in [4.78, 5) is 12.6. The molecule has 1 N–H and O–H groups in total. The summed E-state index contributed by atoms with van der Waals surface area (Å²) in [5, 5.41) is 8.92. The Balaban J connectivity index is 2.23. The molecule has 2 rings (SSSR count). The zero-order chi connectivity index (χ0) is 11.0. The summed E-state index contributed by atoms with van der Waals surface area (Å²) in [6, 6.07) is 1.87. The van der Waals surface area contributed by atoms with Gasteiger partial charge in [-0.05, 0) is 42.7 Å². The lowest BCUT2D eigenvalue weighted by Gasteiger charge is -2.25. The van der Waals surface area contributed by atoms with Gasteiger partial charge in [0.05, 0.1) is 0 Å². The number of carboxylic acids is 1. The number of rotatable bonds is 2. The van der Waals surface area contributed by atoms with E-state index in [0.717, 1.165) is 18.8 Å². The Bertz CT molecular complexity index is 379. The lowest BCUT2D eigenvalue weighted by atomic mass is 9.81. The predicted octanol–water partition coefficient (Wildman–Crippen LogP) is 3.21. The molecule has 0 aromatic carbocycles. The molecule has 15 heavy (non-hydrogen) atoms. The van der Waals surface area contributed by atoms with Crippen LogP contribution in [0.15, 0.2) is 6.07 Å². The van der Waals surface area contributed by atoms with E-state index < -0.39 is 5.97 Å². The first kappa shape index (κ1) is 10.7. The highest BCUT2D eigenvalue weighted by Crippen LogP contribution is 2.35. The molecule has 0 aliphatic heterocycles. The van der Waals surface area contributed by atoms with Crippen molar-refractivity contribution in [2.24, 2.45) is 11.8 Å². The standard InChI is InChI=1S/C12H16O2S/c1-7(2)8-3-4-10-9(5-8)6-11(15-10)12(13)14/h6-8H,3-5H2,1-2H3,(H,13,14). The molecule has 1 aliphatic rings. The minimum absolute atomic E-state index is 0.504. The molecule has 0 bridgehead atoms. The molecule has 0 fully saturated rings. The van der Waals surface area contributed by atoms with Crippen LogP contribution in [0.1, 0.15) is 40.4 Å². The van der Waals surface area contributed by atoms with Crippen LogP contribution in [-0.4, -0.2) is 11.1 Å². The molecule has 1 unspecified atom stereocenters. The lowest BCUT2D eigenvalue weighted by molar-refractivity contribution is 0.0702. The Morgan fingerprint density at radius 1 is 1.60 bits per heavy atom. The van der Waals surface area contributed by atoms with Crippen molar-refractivity contribution in [1.29, 1.82) is 0 Å². The van der Waals surface area contributed by atoms with Gasteiger partial charge in [-0.1, -0.05) is 13.8 Å². The van der Waals surface area contributed by atoms with Crippen LogP contribution in [0.3, 0.4) is 0 Å². The Morgan fingerprint density at radius 3 is 2.93 bits per heavy atom. The Labute approximate surface area is 93.9 Å². The molecule has 0 spiro atoms. The third-order valence-corrected chi connectivity index (χ3v) is 4.50. The van der Waals surface area contributed by atoms with Gasteiger partial charge in [-0.2, -0.15) is 0 Å². The molecular weight excluding hydrogens is 208 g/mol. The molecular formula is C12H16O2S. The predicted molar refractivity (Wildman–Crippen MR) is 61.6 cm³/mol. The fraction of sp³-hybridized carbons (Fsp3) is 0.583. The van der Waals surface area contributed by atoms with Crippen molar-refractivity contribution in [2.45, 2.75) is 33.1 Å². The molecule has 1 aromatic rings. The van der Waals surface area contributed by atoms with Crippen molar-refractivity contribution in [3.05, 3.63) is 21.4 Å². The Kier molecular flexibility index (Phi) is 2.83. The van der Waals surface area contributed by atoms with Crippen LogP contribution in [0.5, 0.6) is 0 Å². The lowest BCUT2D eigenvalue weighted by Crippen LogP contribution is -2.17. The van der Waals surface area contributed by atoms with E-state index in [1.165, 1.54) is 28.2 Å². The van der Waals surface area contributed by atoms with Crippen LogP contribution in [0.4, 0.5) is 0 Å². The maximum absolute atomic E-state index is 10.8. The van der Waals surface area contributed by atoms with E-state index in [9.17, 15) is 4.79 Å². The number of hydrogen-bond donors (Lipinski definition) is 1. The maximum Gasteiger partial charge on any atom is 0.345 e. The van der Waals surface area contributed by atoms with Gasteiger partial charge >= 0.3 is 5.97 Å². The number of aryl methyl sites for hydroxylation is 1. The van der Waals surface area contributed by atoms with Gasteiger partial charge in [0.1, 0.15) is 4.88 Å². The second-order valence-electron chi connectivity index (χ2n) is 4.61. The first-order valence-electron chi connectivity index (χ1n) is 5.42. The number of aromatic carboxylic acids is 1.